The van der Waals surface area contributed by atoms with E-state index in [1.54, 1.807) is 12.1 Å². The Morgan fingerprint density at radius 2 is 1.52 bits per heavy atom. The number of unbranched alkanes of at least 4 members (excludes halogenated alkanes) is 9. The molecule has 0 unspecified atom stereocenters. The normalized spacial score (nSPS) is 11.0. The number of para-hydroxylation sites is 1. The summed E-state index contributed by atoms with van der Waals surface area (Å²) < 4.78 is 6.63. The van der Waals surface area contributed by atoms with E-state index < -0.39 is 5.97 Å². The zero-order valence-corrected chi connectivity index (χ0v) is 16.7. The number of carbonyl (C=O) groups is 2. The van der Waals surface area contributed by atoms with Crippen molar-refractivity contribution in [2.75, 3.05) is 6.61 Å². The van der Waals surface area contributed by atoms with Crippen molar-refractivity contribution < 1.29 is 14.3 Å². The number of ether oxygens (including phenoxy) is 1. The number of hydrogen-bond acceptors (Lipinski definition) is 4. The van der Waals surface area contributed by atoms with Gasteiger partial charge in [-0.1, -0.05) is 82.9 Å². The third-order valence-corrected chi connectivity index (χ3v) is 4.81. The summed E-state index contributed by atoms with van der Waals surface area (Å²) in [7, 11) is 0. The zero-order valence-electron chi connectivity index (χ0n) is 16.7. The van der Waals surface area contributed by atoms with Crippen LogP contribution in [0.4, 0.5) is 0 Å². The van der Waals surface area contributed by atoms with Crippen LogP contribution in [-0.2, 0) is 4.74 Å². The van der Waals surface area contributed by atoms with Crippen molar-refractivity contribution in [1.29, 1.82) is 0 Å². The van der Waals surface area contributed by atoms with Crippen LogP contribution in [0.15, 0.2) is 24.3 Å². The second-order valence-electron chi connectivity index (χ2n) is 7.11. The first-order valence-electron chi connectivity index (χ1n) is 10.3. The SMILES string of the molecule is CCCCCCCCCCCCOC(=O)c1nn(C(C)=O)c2ccccc12. The summed E-state index contributed by atoms with van der Waals surface area (Å²) in [6.07, 6.45) is 12.4. The van der Waals surface area contributed by atoms with Crippen LogP contribution in [0.5, 0.6) is 0 Å². The van der Waals surface area contributed by atoms with Gasteiger partial charge in [0.2, 0.25) is 5.91 Å². The first-order valence-corrected chi connectivity index (χ1v) is 10.3. The first-order chi connectivity index (χ1) is 13.1. The van der Waals surface area contributed by atoms with Crippen LogP contribution < -0.4 is 0 Å². The van der Waals surface area contributed by atoms with E-state index in [0.29, 0.717) is 17.5 Å². The van der Waals surface area contributed by atoms with Gasteiger partial charge in [-0.25, -0.2) is 4.79 Å². The summed E-state index contributed by atoms with van der Waals surface area (Å²) in [5.41, 5.74) is 0.851. The monoisotopic (exact) mass is 372 g/mol. The maximum absolute atomic E-state index is 12.3. The molecule has 5 heteroatoms. The van der Waals surface area contributed by atoms with Gasteiger partial charge in [0.05, 0.1) is 12.1 Å². The highest BCUT2D eigenvalue weighted by Crippen LogP contribution is 2.19. The minimum absolute atomic E-state index is 0.216. The van der Waals surface area contributed by atoms with Gasteiger partial charge in [-0.2, -0.15) is 9.78 Å². The number of nitrogens with zero attached hydrogens (tertiary/aromatic N) is 2. The molecule has 0 spiro atoms. The van der Waals surface area contributed by atoms with Crippen molar-refractivity contribution in [3.05, 3.63) is 30.0 Å². The standard InChI is InChI=1S/C22H32N2O3/c1-3-4-5-6-7-8-9-10-11-14-17-27-22(26)21-19-15-12-13-16-20(19)24(23-21)18(2)25/h12-13,15-16H,3-11,14,17H2,1-2H3. The van der Waals surface area contributed by atoms with Gasteiger partial charge in [0.15, 0.2) is 5.69 Å². The summed E-state index contributed by atoms with van der Waals surface area (Å²) in [4.78, 5) is 24.0. The van der Waals surface area contributed by atoms with Crippen LogP contribution in [0.2, 0.25) is 0 Å². The van der Waals surface area contributed by atoms with Crippen LogP contribution in [0.3, 0.4) is 0 Å². The summed E-state index contributed by atoms with van der Waals surface area (Å²) in [6.45, 7) is 4.07. The second kappa shape index (κ2) is 11.5. The van der Waals surface area contributed by atoms with E-state index in [-0.39, 0.29) is 11.6 Å². The molecule has 1 aromatic heterocycles. The molecule has 0 atom stereocenters. The number of carbonyl (C=O) groups excluding carboxylic acids is 2. The van der Waals surface area contributed by atoms with Gasteiger partial charge in [-0.3, -0.25) is 4.79 Å². The summed E-state index contributed by atoms with van der Waals surface area (Å²) in [5.74, 6) is -0.679. The van der Waals surface area contributed by atoms with E-state index in [1.807, 2.05) is 12.1 Å². The average molecular weight is 373 g/mol. The maximum Gasteiger partial charge on any atom is 0.359 e. The Bertz CT molecular complexity index is 736. The molecule has 2 aromatic rings. The van der Waals surface area contributed by atoms with Gasteiger partial charge >= 0.3 is 5.97 Å². The van der Waals surface area contributed by atoms with Crippen molar-refractivity contribution in [2.45, 2.75) is 78.1 Å². The van der Waals surface area contributed by atoms with Gasteiger partial charge < -0.3 is 4.74 Å². The smallest absolute Gasteiger partial charge is 0.359 e. The molecule has 0 saturated carbocycles. The third-order valence-electron chi connectivity index (χ3n) is 4.81. The molecule has 2 rings (SSSR count). The fraction of sp³-hybridized carbons (Fsp3) is 0.591. The molecule has 0 N–H and O–H groups in total. The molecule has 0 aliphatic carbocycles. The lowest BCUT2D eigenvalue weighted by Gasteiger charge is -2.04. The average Bonchev–Trinajstić information content (AvgIpc) is 3.06. The molecule has 0 bridgehead atoms. The number of benzene rings is 1. The molecule has 0 radical (unpaired) electrons. The van der Waals surface area contributed by atoms with Crippen molar-refractivity contribution in [1.82, 2.24) is 9.78 Å². The molecule has 0 saturated heterocycles. The fourth-order valence-electron chi connectivity index (χ4n) is 3.28. The van der Waals surface area contributed by atoms with E-state index in [9.17, 15) is 9.59 Å². The van der Waals surface area contributed by atoms with Gasteiger partial charge in [-0.05, 0) is 12.5 Å². The quantitative estimate of drug-likeness (QED) is 0.350. The lowest BCUT2D eigenvalue weighted by Crippen LogP contribution is -2.11. The number of hydrogen-bond donors (Lipinski definition) is 0. The predicted octanol–water partition coefficient (Wildman–Crippen LogP) is 5.77. The Balaban J connectivity index is 1.68. The van der Waals surface area contributed by atoms with Crippen LogP contribution in [-0.4, -0.2) is 28.3 Å². The van der Waals surface area contributed by atoms with Gasteiger partial charge in [0.25, 0.3) is 0 Å². The number of rotatable bonds is 12. The highest BCUT2D eigenvalue weighted by molar-refractivity contribution is 6.04. The summed E-state index contributed by atoms with van der Waals surface area (Å²) in [5, 5.41) is 4.80. The van der Waals surface area contributed by atoms with Crippen molar-refractivity contribution in [3.8, 4) is 0 Å². The van der Waals surface area contributed by atoms with Crippen LogP contribution in [0.25, 0.3) is 10.9 Å². The van der Waals surface area contributed by atoms with E-state index in [2.05, 4.69) is 12.0 Å². The molecule has 1 aromatic carbocycles. The summed E-state index contributed by atoms with van der Waals surface area (Å²) >= 11 is 0. The highest BCUT2D eigenvalue weighted by atomic mass is 16.5. The molecule has 0 fully saturated rings. The lowest BCUT2D eigenvalue weighted by atomic mass is 10.1. The molecule has 27 heavy (non-hydrogen) atoms. The number of fused-ring (bicyclic) bond motifs is 1. The highest BCUT2D eigenvalue weighted by Gasteiger charge is 2.19. The van der Waals surface area contributed by atoms with Crippen LogP contribution >= 0.6 is 0 Å². The molecule has 0 aliphatic rings. The Morgan fingerprint density at radius 1 is 0.926 bits per heavy atom. The molecule has 0 aliphatic heterocycles. The minimum Gasteiger partial charge on any atom is -0.461 e. The molecule has 5 nitrogen and oxygen atoms in total. The van der Waals surface area contributed by atoms with Gasteiger partial charge in [0.1, 0.15) is 0 Å². The molecule has 1 heterocycles. The molecular formula is C22H32N2O3. The topological polar surface area (TPSA) is 61.2 Å². The number of aromatic nitrogens is 2. The second-order valence-corrected chi connectivity index (χ2v) is 7.11. The number of esters is 1. The van der Waals surface area contributed by atoms with Crippen molar-refractivity contribution in [2.24, 2.45) is 0 Å². The lowest BCUT2D eigenvalue weighted by molar-refractivity contribution is 0.0492. The van der Waals surface area contributed by atoms with E-state index in [4.69, 9.17) is 4.74 Å². The predicted molar refractivity (Wildman–Crippen MR) is 108 cm³/mol. The fourth-order valence-corrected chi connectivity index (χ4v) is 3.28. The molecule has 148 valence electrons. The minimum atomic E-state index is -0.456. The maximum atomic E-state index is 12.3. The van der Waals surface area contributed by atoms with Crippen LogP contribution in [0, 0.1) is 0 Å². The molecular weight excluding hydrogens is 340 g/mol. The summed E-state index contributed by atoms with van der Waals surface area (Å²) in [6, 6.07) is 7.22. The molecule has 0 amide bonds. The van der Waals surface area contributed by atoms with E-state index >= 15 is 0 Å². The zero-order chi connectivity index (χ0) is 19.5. The van der Waals surface area contributed by atoms with E-state index in [0.717, 1.165) is 12.8 Å². The van der Waals surface area contributed by atoms with E-state index in [1.165, 1.54) is 63.0 Å². The Morgan fingerprint density at radius 3 is 2.15 bits per heavy atom. The van der Waals surface area contributed by atoms with Gasteiger partial charge in [0, 0.05) is 12.3 Å². The van der Waals surface area contributed by atoms with Crippen molar-refractivity contribution in [3.63, 3.8) is 0 Å². The first kappa shape index (κ1) is 21.1. The van der Waals surface area contributed by atoms with Crippen molar-refractivity contribution >= 4 is 22.8 Å². The Hall–Kier alpha value is -2.17. The Labute approximate surface area is 162 Å². The Kier molecular flexibility index (Phi) is 9.02. The largest absolute Gasteiger partial charge is 0.461 e. The third kappa shape index (κ3) is 6.49. The van der Waals surface area contributed by atoms with Crippen LogP contribution in [0.1, 0.15) is 93.3 Å². The van der Waals surface area contributed by atoms with Gasteiger partial charge in [-0.15, -0.1) is 0 Å².